The Bertz CT molecular complexity index is 1140. The molecule has 3 aromatic rings. The first-order valence-electron chi connectivity index (χ1n) is 9.41. The number of ether oxygens (including phenoxy) is 1. The number of aromatic nitrogens is 2. The molecule has 0 radical (unpaired) electrons. The summed E-state index contributed by atoms with van der Waals surface area (Å²) in [6.45, 7) is 5.23. The van der Waals surface area contributed by atoms with Crippen LogP contribution in [0.4, 0.5) is 0 Å². The number of rotatable bonds is 2. The molecule has 1 aliphatic rings. The fourth-order valence-corrected chi connectivity index (χ4v) is 3.45. The van der Waals surface area contributed by atoms with Crippen LogP contribution in [0.15, 0.2) is 48.8 Å². The zero-order valence-electron chi connectivity index (χ0n) is 16.7. The van der Waals surface area contributed by atoms with Crippen molar-refractivity contribution in [3.05, 3.63) is 88.0 Å². The molecule has 0 spiro atoms. The molecule has 0 atom stereocenters. The van der Waals surface area contributed by atoms with Gasteiger partial charge in [-0.2, -0.15) is 0 Å². The van der Waals surface area contributed by atoms with Crippen molar-refractivity contribution in [3.8, 4) is 17.6 Å². The molecule has 4 rings (SSSR count). The van der Waals surface area contributed by atoms with Gasteiger partial charge in [0, 0.05) is 36.7 Å². The van der Waals surface area contributed by atoms with Gasteiger partial charge in [0.15, 0.2) is 0 Å². The molecule has 0 saturated heterocycles. The predicted octanol–water partition coefficient (Wildman–Crippen LogP) is 3.66. The van der Waals surface area contributed by atoms with Gasteiger partial charge in [-0.3, -0.25) is 9.78 Å². The van der Waals surface area contributed by atoms with E-state index in [1.165, 1.54) is 5.56 Å². The minimum atomic E-state index is -0.0261. The first-order chi connectivity index (χ1) is 14.1. The van der Waals surface area contributed by atoms with Crippen molar-refractivity contribution in [1.29, 1.82) is 0 Å². The monoisotopic (exact) mass is 383 g/mol. The van der Waals surface area contributed by atoms with E-state index in [-0.39, 0.29) is 5.91 Å². The second-order valence-electron chi connectivity index (χ2n) is 7.01. The second kappa shape index (κ2) is 7.76. The molecule has 2 aromatic heterocycles. The largest absolute Gasteiger partial charge is 0.495 e. The summed E-state index contributed by atoms with van der Waals surface area (Å²) in [5.41, 5.74) is 6.41. The molecule has 0 bridgehead atoms. The number of pyridine rings is 2. The number of benzene rings is 1. The van der Waals surface area contributed by atoms with Crippen molar-refractivity contribution in [3.63, 3.8) is 0 Å². The lowest BCUT2D eigenvalue weighted by Crippen LogP contribution is -2.25. The van der Waals surface area contributed by atoms with Crippen LogP contribution >= 0.6 is 0 Å². The molecule has 5 nitrogen and oxygen atoms in total. The normalized spacial score (nSPS) is 12.2. The van der Waals surface area contributed by atoms with E-state index in [0.717, 1.165) is 16.8 Å². The summed E-state index contributed by atoms with van der Waals surface area (Å²) < 4.78 is 5.42. The summed E-state index contributed by atoms with van der Waals surface area (Å²) in [4.78, 5) is 23.6. The summed E-state index contributed by atoms with van der Waals surface area (Å²) in [5, 5.41) is 0. The topological polar surface area (TPSA) is 55.3 Å². The van der Waals surface area contributed by atoms with Crippen LogP contribution in [-0.2, 0) is 13.1 Å². The van der Waals surface area contributed by atoms with Gasteiger partial charge in [0.25, 0.3) is 5.91 Å². The summed E-state index contributed by atoms with van der Waals surface area (Å²) in [6.07, 6.45) is 3.58. The molecule has 0 saturated carbocycles. The number of aryl methyl sites for hydroxylation is 1. The lowest BCUT2D eigenvalue weighted by Gasteiger charge is -2.16. The number of methoxy groups -OCH3 is 1. The number of amides is 1. The quantitative estimate of drug-likeness (QED) is 0.634. The Hall–Kier alpha value is -3.65. The van der Waals surface area contributed by atoms with E-state index in [0.29, 0.717) is 35.7 Å². The van der Waals surface area contributed by atoms with Crippen molar-refractivity contribution in [2.24, 2.45) is 0 Å². The van der Waals surface area contributed by atoms with Crippen LogP contribution in [-0.4, -0.2) is 27.9 Å². The third-order valence-electron chi connectivity index (χ3n) is 5.23. The molecule has 0 fully saturated rings. The van der Waals surface area contributed by atoms with Crippen LogP contribution in [0, 0.1) is 25.7 Å². The maximum Gasteiger partial charge on any atom is 0.254 e. The van der Waals surface area contributed by atoms with E-state index >= 15 is 0 Å². The minimum Gasteiger partial charge on any atom is -0.495 e. The average Bonchev–Trinajstić information content (AvgIpc) is 3.20. The van der Waals surface area contributed by atoms with Crippen LogP contribution in [0.3, 0.4) is 0 Å². The van der Waals surface area contributed by atoms with Crippen molar-refractivity contribution in [1.82, 2.24) is 14.9 Å². The molecule has 1 amide bonds. The standard InChI is InChI=1S/C24H21N3O2/c1-16-17(2)26-13-20-14-27(15-22(16)20)24(28)19-8-10-23(29-3)18(12-19)7-9-21-6-4-5-11-25-21/h4-6,8,10-13H,14-15H2,1-3H3. The van der Waals surface area contributed by atoms with Gasteiger partial charge in [-0.15, -0.1) is 0 Å². The van der Waals surface area contributed by atoms with E-state index in [1.54, 1.807) is 31.5 Å². The SMILES string of the molecule is COc1ccc(C(=O)N2Cc3cnc(C)c(C)c3C2)cc1C#Cc1ccccn1. The molecule has 0 aliphatic carbocycles. The molecular weight excluding hydrogens is 362 g/mol. The first-order valence-corrected chi connectivity index (χ1v) is 9.41. The van der Waals surface area contributed by atoms with Crippen LogP contribution in [0.2, 0.25) is 0 Å². The van der Waals surface area contributed by atoms with Crippen molar-refractivity contribution in [2.75, 3.05) is 7.11 Å². The van der Waals surface area contributed by atoms with Gasteiger partial charge in [-0.05, 0) is 66.8 Å². The molecule has 5 heteroatoms. The zero-order valence-corrected chi connectivity index (χ0v) is 16.7. The van der Waals surface area contributed by atoms with Gasteiger partial charge < -0.3 is 9.64 Å². The summed E-state index contributed by atoms with van der Waals surface area (Å²) in [5.74, 6) is 6.71. The van der Waals surface area contributed by atoms with Crippen LogP contribution in [0.1, 0.15) is 44.0 Å². The van der Waals surface area contributed by atoms with Crippen molar-refractivity contribution in [2.45, 2.75) is 26.9 Å². The number of hydrogen-bond acceptors (Lipinski definition) is 4. The zero-order chi connectivity index (χ0) is 20.4. The number of carbonyl (C=O) groups excluding carboxylic acids is 1. The van der Waals surface area contributed by atoms with Crippen LogP contribution in [0.5, 0.6) is 5.75 Å². The van der Waals surface area contributed by atoms with Gasteiger partial charge in [0.2, 0.25) is 0 Å². The van der Waals surface area contributed by atoms with E-state index < -0.39 is 0 Å². The smallest absolute Gasteiger partial charge is 0.254 e. The van der Waals surface area contributed by atoms with Gasteiger partial charge in [-0.25, -0.2) is 4.98 Å². The Balaban J connectivity index is 1.62. The molecule has 0 unspecified atom stereocenters. The molecule has 1 aliphatic heterocycles. The Kier molecular flexibility index (Phi) is 5.01. The average molecular weight is 383 g/mol. The molecule has 1 aromatic carbocycles. The lowest BCUT2D eigenvalue weighted by atomic mass is 10.1. The van der Waals surface area contributed by atoms with Crippen LogP contribution < -0.4 is 4.74 Å². The Morgan fingerprint density at radius 1 is 1.10 bits per heavy atom. The summed E-state index contributed by atoms with van der Waals surface area (Å²) >= 11 is 0. The number of nitrogens with zero attached hydrogens (tertiary/aromatic N) is 3. The Labute approximate surface area is 170 Å². The van der Waals surface area contributed by atoms with Gasteiger partial charge in [-0.1, -0.05) is 12.0 Å². The fourth-order valence-electron chi connectivity index (χ4n) is 3.45. The highest BCUT2D eigenvalue weighted by Gasteiger charge is 2.26. The van der Waals surface area contributed by atoms with Gasteiger partial charge >= 0.3 is 0 Å². The summed E-state index contributed by atoms with van der Waals surface area (Å²) in [6, 6.07) is 10.9. The van der Waals surface area contributed by atoms with Crippen LogP contribution in [0.25, 0.3) is 0 Å². The highest BCUT2D eigenvalue weighted by Crippen LogP contribution is 2.28. The maximum atomic E-state index is 13.1. The Morgan fingerprint density at radius 2 is 1.97 bits per heavy atom. The predicted molar refractivity (Wildman–Crippen MR) is 110 cm³/mol. The molecule has 0 N–H and O–H groups in total. The molecule has 29 heavy (non-hydrogen) atoms. The van der Waals surface area contributed by atoms with Crippen molar-refractivity contribution >= 4 is 5.91 Å². The van der Waals surface area contributed by atoms with E-state index in [4.69, 9.17) is 4.74 Å². The number of carbonyl (C=O) groups is 1. The first kappa shape index (κ1) is 18.7. The highest BCUT2D eigenvalue weighted by atomic mass is 16.5. The molecule has 144 valence electrons. The number of hydrogen-bond donors (Lipinski definition) is 0. The lowest BCUT2D eigenvalue weighted by molar-refractivity contribution is 0.0751. The molecular formula is C24H21N3O2. The third-order valence-corrected chi connectivity index (χ3v) is 5.23. The van der Waals surface area contributed by atoms with E-state index in [1.807, 2.05) is 36.2 Å². The third kappa shape index (κ3) is 3.70. The number of fused-ring (bicyclic) bond motifs is 1. The van der Waals surface area contributed by atoms with E-state index in [9.17, 15) is 4.79 Å². The highest BCUT2D eigenvalue weighted by molar-refractivity contribution is 5.95. The fraction of sp³-hybridized carbons (Fsp3) is 0.208. The van der Waals surface area contributed by atoms with Crippen molar-refractivity contribution < 1.29 is 9.53 Å². The second-order valence-corrected chi connectivity index (χ2v) is 7.01. The molecule has 3 heterocycles. The maximum absolute atomic E-state index is 13.1. The van der Waals surface area contributed by atoms with Gasteiger partial charge in [0.1, 0.15) is 11.4 Å². The van der Waals surface area contributed by atoms with E-state index in [2.05, 4.69) is 28.7 Å². The minimum absolute atomic E-state index is 0.0261. The summed E-state index contributed by atoms with van der Waals surface area (Å²) in [7, 11) is 1.60. The Morgan fingerprint density at radius 3 is 2.72 bits per heavy atom. The van der Waals surface area contributed by atoms with Gasteiger partial charge in [0.05, 0.1) is 12.7 Å².